The van der Waals surface area contributed by atoms with Crippen molar-refractivity contribution in [2.24, 2.45) is 0 Å². The van der Waals surface area contributed by atoms with Crippen molar-refractivity contribution < 1.29 is 23.9 Å². The number of hydrogen-bond donors (Lipinski definition) is 2. The highest BCUT2D eigenvalue weighted by atomic mass is 16.6. The minimum atomic E-state index is -0.876. The van der Waals surface area contributed by atoms with Crippen molar-refractivity contribution in [3.05, 3.63) is 35.9 Å². The van der Waals surface area contributed by atoms with Crippen LogP contribution in [-0.2, 0) is 25.5 Å². The van der Waals surface area contributed by atoms with Crippen LogP contribution in [0.5, 0.6) is 0 Å². The maximum absolute atomic E-state index is 12.9. The summed E-state index contributed by atoms with van der Waals surface area (Å²) < 4.78 is 10.8. The molecule has 7 nitrogen and oxygen atoms in total. The maximum atomic E-state index is 12.9. The van der Waals surface area contributed by atoms with Crippen LogP contribution in [0.1, 0.15) is 66.9 Å². The Bertz CT molecular complexity index is 705. The summed E-state index contributed by atoms with van der Waals surface area (Å²) in [5.41, 5.74) is -0.473. The topological polar surface area (TPSA) is 93.7 Å². The molecule has 0 fully saturated rings. The molecular formula is C23H36N2O5. The molecule has 2 N–H and O–H groups in total. The number of hydrogen-bond acceptors (Lipinski definition) is 5. The number of carbonyl (C=O) groups excluding carboxylic acids is 3. The van der Waals surface area contributed by atoms with E-state index >= 15 is 0 Å². The Kier molecular flexibility index (Phi) is 9.33. The van der Waals surface area contributed by atoms with Crippen molar-refractivity contribution in [1.82, 2.24) is 10.6 Å². The van der Waals surface area contributed by atoms with Gasteiger partial charge < -0.3 is 20.1 Å². The van der Waals surface area contributed by atoms with E-state index in [9.17, 15) is 14.4 Å². The van der Waals surface area contributed by atoms with Crippen molar-refractivity contribution in [1.29, 1.82) is 0 Å². The van der Waals surface area contributed by atoms with Crippen LogP contribution in [0.3, 0.4) is 0 Å². The van der Waals surface area contributed by atoms with Gasteiger partial charge in [0, 0.05) is 6.42 Å². The molecule has 0 saturated heterocycles. The number of amides is 2. The third kappa shape index (κ3) is 10.3. The second-order valence-corrected chi connectivity index (χ2v) is 9.27. The Morgan fingerprint density at radius 1 is 0.867 bits per heavy atom. The summed E-state index contributed by atoms with van der Waals surface area (Å²) in [7, 11) is 0. The zero-order chi connectivity index (χ0) is 22.9. The Morgan fingerprint density at radius 2 is 1.43 bits per heavy atom. The van der Waals surface area contributed by atoms with Crippen molar-refractivity contribution in [2.45, 2.75) is 91.0 Å². The lowest BCUT2D eigenvalue weighted by molar-refractivity contribution is -0.158. The van der Waals surface area contributed by atoms with Gasteiger partial charge >= 0.3 is 12.1 Å². The quantitative estimate of drug-likeness (QED) is 0.625. The van der Waals surface area contributed by atoms with Crippen molar-refractivity contribution in [3.63, 3.8) is 0 Å². The Morgan fingerprint density at radius 3 is 1.93 bits per heavy atom. The standard InChI is InChI=1S/C23H36N2O5/c1-8-12-17(25-21(28)30-23(5,6)7)19(26)24-18(20(27)29-22(2,3)4)15-16-13-10-9-11-14-16/h9-11,13-14,17-18H,8,12,15H2,1-7H3,(H,24,26)(H,25,28)/t17-,18-/m0/s1. The average molecular weight is 421 g/mol. The van der Waals surface area contributed by atoms with Gasteiger partial charge in [-0.05, 0) is 53.5 Å². The molecule has 0 aliphatic heterocycles. The van der Waals surface area contributed by atoms with Gasteiger partial charge in [0.05, 0.1) is 0 Å². The summed E-state index contributed by atoms with van der Waals surface area (Å²) in [5, 5.41) is 5.36. The summed E-state index contributed by atoms with van der Waals surface area (Å²) in [6.07, 6.45) is 0.696. The zero-order valence-corrected chi connectivity index (χ0v) is 19.2. The minimum absolute atomic E-state index is 0.284. The first kappa shape index (κ1) is 25.5. The highest BCUT2D eigenvalue weighted by Gasteiger charge is 2.30. The molecule has 0 heterocycles. The number of ether oxygens (including phenoxy) is 2. The zero-order valence-electron chi connectivity index (χ0n) is 19.2. The van der Waals surface area contributed by atoms with Crippen molar-refractivity contribution in [3.8, 4) is 0 Å². The SMILES string of the molecule is CCC[C@H](NC(=O)OC(C)(C)C)C(=O)N[C@@H](Cc1ccccc1)C(=O)OC(C)(C)C. The van der Waals surface area contributed by atoms with E-state index in [0.29, 0.717) is 12.8 Å². The van der Waals surface area contributed by atoms with Crippen LogP contribution in [0.15, 0.2) is 30.3 Å². The molecule has 0 aliphatic carbocycles. The van der Waals surface area contributed by atoms with E-state index in [1.165, 1.54) is 0 Å². The van der Waals surface area contributed by atoms with Crippen LogP contribution in [0.2, 0.25) is 0 Å². The van der Waals surface area contributed by atoms with Crippen LogP contribution in [-0.4, -0.2) is 41.3 Å². The molecular weight excluding hydrogens is 384 g/mol. The van der Waals surface area contributed by atoms with E-state index < -0.39 is 41.3 Å². The van der Waals surface area contributed by atoms with Gasteiger partial charge in [-0.3, -0.25) is 4.79 Å². The Balaban J connectivity index is 2.95. The highest BCUT2D eigenvalue weighted by Crippen LogP contribution is 2.13. The summed E-state index contributed by atoms with van der Waals surface area (Å²) >= 11 is 0. The summed E-state index contributed by atoms with van der Waals surface area (Å²) in [5.74, 6) is -0.971. The summed E-state index contributed by atoms with van der Waals surface area (Å²) in [4.78, 5) is 37.8. The smallest absolute Gasteiger partial charge is 0.408 e. The molecule has 30 heavy (non-hydrogen) atoms. The first-order chi connectivity index (χ1) is 13.8. The van der Waals surface area contributed by atoms with Crippen LogP contribution >= 0.6 is 0 Å². The van der Waals surface area contributed by atoms with E-state index in [-0.39, 0.29) is 6.42 Å². The average Bonchev–Trinajstić information content (AvgIpc) is 2.58. The van der Waals surface area contributed by atoms with E-state index in [1.54, 1.807) is 41.5 Å². The number of benzene rings is 1. The predicted octanol–water partition coefficient (Wildman–Crippen LogP) is 3.75. The molecule has 1 rings (SSSR count). The molecule has 0 aliphatic rings. The van der Waals surface area contributed by atoms with E-state index in [4.69, 9.17) is 9.47 Å². The molecule has 1 aromatic rings. The van der Waals surface area contributed by atoms with Gasteiger partial charge in [-0.15, -0.1) is 0 Å². The third-order valence-corrected chi connectivity index (χ3v) is 3.88. The number of carbonyl (C=O) groups is 3. The third-order valence-electron chi connectivity index (χ3n) is 3.88. The molecule has 0 spiro atoms. The fourth-order valence-corrected chi connectivity index (χ4v) is 2.70. The molecule has 7 heteroatoms. The monoisotopic (exact) mass is 420 g/mol. The Hall–Kier alpha value is -2.57. The van der Waals surface area contributed by atoms with Gasteiger partial charge in [-0.2, -0.15) is 0 Å². The van der Waals surface area contributed by atoms with Gasteiger partial charge in [0.15, 0.2) is 0 Å². The van der Waals surface area contributed by atoms with Gasteiger partial charge in [-0.1, -0.05) is 43.7 Å². The van der Waals surface area contributed by atoms with Crippen LogP contribution in [0.4, 0.5) is 4.79 Å². The molecule has 2 atom stereocenters. The summed E-state index contributed by atoms with van der Waals surface area (Å²) in [6, 6.07) is 7.69. The van der Waals surface area contributed by atoms with Gasteiger partial charge in [0.2, 0.25) is 5.91 Å². The first-order valence-electron chi connectivity index (χ1n) is 10.4. The molecule has 0 radical (unpaired) electrons. The molecule has 168 valence electrons. The number of nitrogens with one attached hydrogen (secondary N) is 2. The maximum Gasteiger partial charge on any atom is 0.408 e. The summed E-state index contributed by atoms with van der Waals surface area (Å²) in [6.45, 7) is 12.5. The van der Waals surface area contributed by atoms with E-state index in [0.717, 1.165) is 5.56 Å². The number of rotatable bonds is 8. The number of esters is 1. The molecule has 0 aromatic heterocycles. The minimum Gasteiger partial charge on any atom is -0.458 e. The second kappa shape index (κ2) is 11.0. The highest BCUT2D eigenvalue weighted by molar-refractivity contribution is 5.89. The molecule has 0 unspecified atom stereocenters. The normalized spacial score (nSPS) is 13.7. The second-order valence-electron chi connectivity index (χ2n) is 9.27. The fraction of sp³-hybridized carbons (Fsp3) is 0.609. The number of alkyl carbamates (subject to hydrolysis) is 1. The van der Waals surface area contributed by atoms with Gasteiger partial charge in [-0.25, -0.2) is 9.59 Å². The van der Waals surface area contributed by atoms with Crippen LogP contribution < -0.4 is 10.6 Å². The van der Waals surface area contributed by atoms with Crippen molar-refractivity contribution in [2.75, 3.05) is 0 Å². The van der Waals surface area contributed by atoms with E-state index in [2.05, 4.69) is 10.6 Å². The first-order valence-corrected chi connectivity index (χ1v) is 10.4. The van der Waals surface area contributed by atoms with Gasteiger partial charge in [0.25, 0.3) is 0 Å². The van der Waals surface area contributed by atoms with Crippen molar-refractivity contribution >= 4 is 18.0 Å². The van der Waals surface area contributed by atoms with Crippen LogP contribution in [0.25, 0.3) is 0 Å². The predicted molar refractivity (Wildman–Crippen MR) is 116 cm³/mol. The lowest BCUT2D eigenvalue weighted by atomic mass is 10.0. The lowest BCUT2D eigenvalue weighted by Gasteiger charge is -2.27. The molecule has 0 bridgehead atoms. The molecule has 1 aromatic carbocycles. The van der Waals surface area contributed by atoms with Gasteiger partial charge in [0.1, 0.15) is 23.3 Å². The fourth-order valence-electron chi connectivity index (χ4n) is 2.70. The Labute approximate surface area is 179 Å². The van der Waals surface area contributed by atoms with E-state index in [1.807, 2.05) is 37.3 Å². The van der Waals surface area contributed by atoms with Crippen LogP contribution in [0, 0.1) is 0 Å². The molecule has 2 amide bonds. The molecule has 0 saturated carbocycles. The lowest BCUT2D eigenvalue weighted by Crippen LogP contribution is -2.53. The largest absolute Gasteiger partial charge is 0.458 e.